The maximum Gasteiger partial charge on any atom is 0.205 e. The minimum atomic E-state index is -0.966. The van der Waals surface area contributed by atoms with Gasteiger partial charge in [0.25, 0.3) is 0 Å². The van der Waals surface area contributed by atoms with Crippen LogP contribution in [-0.2, 0) is 25.7 Å². The molecule has 0 amide bonds. The maximum atomic E-state index is 14.1. The van der Waals surface area contributed by atoms with E-state index in [4.69, 9.17) is 18.3 Å². The van der Waals surface area contributed by atoms with Gasteiger partial charge in [-0.3, -0.25) is 0 Å². The highest BCUT2D eigenvalue weighted by Crippen LogP contribution is 2.46. The molecule has 0 N–H and O–H groups in total. The second kappa shape index (κ2) is 11.8. The molecule has 2 unspecified atom stereocenters. The van der Waals surface area contributed by atoms with Crippen LogP contribution in [0.2, 0.25) is 0 Å². The molecule has 0 fully saturated rings. The summed E-state index contributed by atoms with van der Waals surface area (Å²) in [5, 5.41) is 1.18. The smallest absolute Gasteiger partial charge is 0.205 e. The average molecular weight is 561 g/mol. The molecule has 2 aromatic heterocycles. The van der Waals surface area contributed by atoms with E-state index in [-0.39, 0.29) is 34.9 Å². The zero-order valence-corrected chi connectivity index (χ0v) is 23.5. The van der Waals surface area contributed by atoms with Gasteiger partial charge in [0.1, 0.15) is 23.7 Å². The van der Waals surface area contributed by atoms with Crippen molar-refractivity contribution in [2.24, 2.45) is 0 Å². The lowest BCUT2D eigenvalue weighted by atomic mass is 9.97. The minimum absolute atomic E-state index is 0.0118. The zero-order chi connectivity index (χ0) is 28.6. The first-order chi connectivity index (χ1) is 19.3. The second-order valence-electron chi connectivity index (χ2n) is 10.7. The molecular formula is C32H36F4O4. The van der Waals surface area contributed by atoms with E-state index in [1.807, 2.05) is 13.8 Å². The molecule has 4 nitrogen and oxygen atoms in total. The molecule has 216 valence electrons. The van der Waals surface area contributed by atoms with Crippen molar-refractivity contribution in [1.29, 1.82) is 0 Å². The van der Waals surface area contributed by atoms with Gasteiger partial charge >= 0.3 is 0 Å². The molecule has 0 radical (unpaired) electrons. The molecule has 2 atom stereocenters. The lowest BCUT2D eigenvalue weighted by molar-refractivity contribution is 0.201. The standard InChI is InChI=1S/C16H20F2O2.C16H16F2O2/c2*1-3-5-9-7-11-12-8-10(6-4-2)20-16(12)14(18)13(17)15(11)19-9/h9-10H,3-8H2,1-2H3;7-8H,3-6H2,1-2H3. The number of ether oxygens (including phenoxy) is 2. The van der Waals surface area contributed by atoms with Gasteiger partial charge in [0, 0.05) is 47.6 Å². The van der Waals surface area contributed by atoms with E-state index in [2.05, 4.69) is 13.8 Å². The summed E-state index contributed by atoms with van der Waals surface area (Å²) in [6, 6.07) is 3.57. The van der Waals surface area contributed by atoms with Crippen LogP contribution in [0, 0.1) is 23.3 Å². The van der Waals surface area contributed by atoms with E-state index in [1.165, 1.54) is 0 Å². The van der Waals surface area contributed by atoms with Gasteiger partial charge in [-0.2, -0.15) is 17.6 Å². The molecule has 2 aliphatic heterocycles. The Bertz CT molecular complexity index is 1410. The Balaban J connectivity index is 0.000000161. The summed E-state index contributed by atoms with van der Waals surface area (Å²) in [6.45, 7) is 8.15. The van der Waals surface area contributed by atoms with Crippen molar-refractivity contribution < 1.29 is 35.9 Å². The monoisotopic (exact) mass is 560 g/mol. The quantitative estimate of drug-likeness (QED) is 0.201. The van der Waals surface area contributed by atoms with Crippen LogP contribution in [-0.4, -0.2) is 12.2 Å². The van der Waals surface area contributed by atoms with Gasteiger partial charge in [-0.05, 0) is 37.8 Å². The first kappa shape index (κ1) is 28.4. The summed E-state index contributed by atoms with van der Waals surface area (Å²) in [5.74, 6) is -2.09. The van der Waals surface area contributed by atoms with Gasteiger partial charge in [0.2, 0.25) is 23.3 Å². The van der Waals surface area contributed by atoms with E-state index in [1.54, 1.807) is 12.1 Å². The Morgan fingerprint density at radius 1 is 0.600 bits per heavy atom. The normalized spacial score (nSPS) is 17.5. The topological polar surface area (TPSA) is 44.7 Å². The number of fused-ring (bicyclic) bond motifs is 6. The molecule has 40 heavy (non-hydrogen) atoms. The number of rotatable bonds is 8. The Morgan fingerprint density at radius 2 is 1.00 bits per heavy atom. The molecule has 0 saturated heterocycles. The number of hydrogen-bond acceptors (Lipinski definition) is 4. The van der Waals surface area contributed by atoms with Crippen LogP contribution in [0.25, 0.3) is 21.9 Å². The van der Waals surface area contributed by atoms with Crippen molar-refractivity contribution in [2.75, 3.05) is 0 Å². The van der Waals surface area contributed by atoms with Gasteiger partial charge in [-0.25, -0.2) is 0 Å². The summed E-state index contributed by atoms with van der Waals surface area (Å²) in [4.78, 5) is 0. The highest BCUT2D eigenvalue weighted by Gasteiger charge is 2.38. The molecule has 4 heterocycles. The molecule has 0 aliphatic carbocycles. The van der Waals surface area contributed by atoms with Crippen molar-refractivity contribution in [2.45, 2.75) is 104 Å². The van der Waals surface area contributed by atoms with E-state index in [0.29, 0.717) is 48.0 Å². The van der Waals surface area contributed by atoms with Crippen molar-refractivity contribution in [3.05, 3.63) is 58.0 Å². The summed E-state index contributed by atoms with van der Waals surface area (Å²) in [5.41, 5.74) is 1.64. The van der Waals surface area contributed by atoms with Crippen molar-refractivity contribution in [3.63, 3.8) is 0 Å². The fourth-order valence-corrected chi connectivity index (χ4v) is 5.80. The number of aryl methyl sites for hydroxylation is 2. The van der Waals surface area contributed by atoms with Gasteiger partial charge < -0.3 is 18.3 Å². The Hall–Kier alpha value is -3.16. The van der Waals surface area contributed by atoms with Gasteiger partial charge in [0.15, 0.2) is 22.7 Å². The predicted molar refractivity (Wildman–Crippen MR) is 146 cm³/mol. The molecule has 0 bridgehead atoms. The Labute approximate surface area is 231 Å². The molecular weight excluding hydrogens is 524 g/mol. The third-order valence-electron chi connectivity index (χ3n) is 7.60. The van der Waals surface area contributed by atoms with Gasteiger partial charge in [-0.1, -0.05) is 40.5 Å². The maximum absolute atomic E-state index is 14.1. The average Bonchev–Trinajstić information content (AvgIpc) is 3.72. The second-order valence-corrected chi connectivity index (χ2v) is 10.7. The van der Waals surface area contributed by atoms with Crippen LogP contribution < -0.4 is 9.47 Å². The Kier molecular flexibility index (Phi) is 8.34. The third-order valence-corrected chi connectivity index (χ3v) is 7.60. The number of hydrogen-bond donors (Lipinski definition) is 0. The van der Waals surface area contributed by atoms with Crippen LogP contribution in [0.4, 0.5) is 17.6 Å². The van der Waals surface area contributed by atoms with E-state index >= 15 is 0 Å². The van der Waals surface area contributed by atoms with Crippen LogP contribution in [0.3, 0.4) is 0 Å². The number of halogens is 4. The fourth-order valence-electron chi connectivity index (χ4n) is 5.80. The minimum Gasteiger partial charge on any atom is -0.487 e. The lowest BCUT2D eigenvalue weighted by Gasteiger charge is -2.10. The largest absolute Gasteiger partial charge is 0.487 e. The predicted octanol–water partition coefficient (Wildman–Crippen LogP) is 9.53. The SMILES string of the molecule is CCCC1Cc2c3c(c(F)c(F)c2O1)OC(CCC)C3.CCCc1cc2c(o1)c(F)c(F)c1oc(CCC)cc12. The lowest BCUT2D eigenvalue weighted by Crippen LogP contribution is -2.13. The fraction of sp³-hybridized carbons (Fsp3) is 0.500. The summed E-state index contributed by atoms with van der Waals surface area (Å²) < 4.78 is 78.4. The van der Waals surface area contributed by atoms with E-state index in [9.17, 15) is 17.6 Å². The van der Waals surface area contributed by atoms with Crippen molar-refractivity contribution >= 4 is 21.9 Å². The van der Waals surface area contributed by atoms with E-state index in [0.717, 1.165) is 49.7 Å². The van der Waals surface area contributed by atoms with Crippen LogP contribution in [0.1, 0.15) is 88.9 Å². The van der Waals surface area contributed by atoms with Crippen molar-refractivity contribution in [3.8, 4) is 11.5 Å². The van der Waals surface area contributed by atoms with Gasteiger partial charge in [-0.15, -0.1) is 0 Å². The zero-order valence-electron chi connectivity index (χ0n) is 23.5. The first-order valence-corrected chi connectivity index (χ1v) is 14.5. The first-order valence-electron chi connectivity index (χ1n) is 14.5. The third kappa shape index (κ3) is 5.06. The number of benzene rings is 2. The summed E-state index contributed by atoms with van der Waals surface area (Å²) in [7, 11) is 0. The Morgan fingerprint density at radius 3 is 1.35 bits per heavy atom. The molecule has 8 heteroatoms. The van der Waals surface area contributed by atoms with Crippen LogP contribution in [0.5, 0.6) is 11.5 Å². The number of furan rings is 2. The molecule has 0 saturated carbocycles. The highest BCUT2D eigenvalue weighted by molar-refractivity contribution is 6.05. The summed E-state index contributed by atoms with van der Waals surface area (Å²) in [6.07, 6.45) is 8.15. The van der Waals surface area contributed by atoms with Crippen LogP contribution in [0.15, 0.2) is 21.0 Å². The molecule has 0 spiro atoms. The van der Waals surface area contributed by atoms with Gasteiger partial charge in [0.05, 0.1) is 0 Å². The highest BCUT2D eigenvalue weighted by atomic mass is 19.2. The van der Waals surface area contributed by atoms with E-state index < -0.39 is 23.3 Å². The van der Waals surface area contributed by atoms with Crippen molar-refractivity contribution in [1.82, 2.24) is 0 Å². The molecule has 4 aromatic rings. The molecule has 2 aliphatic rings. The molecule has 2 aromatic carbocycles. The summed E-state index contributed by atoms with van der Waals surface area (Å²) >= 11 is 0. The van der Waals surface area contributed by atoms with Crippen LogP contribution >= 0.6 is 0 Å². The molecule has 6 rings (SSSR count).